The van der Waals surface area contributed by atoms with E-state index in [2.05, 4.69) is 26.8 Å². The Morgan fingerprint density at radius 1 is 1.23 bits per heavy atom. The second kappa shape index (κ2) is 9.82. The monoisotopic (exact) mass is 494 g/mol. The SMILES string of the molecule is C=CCSc1nnc(NC(=O)c2ccc(Cl)c(S(=O)(=O)Nc3cc(C)ccc3C)c2)s1. The number of carbonyl (C=O) groups excluding carboxylic acids is 1. The molecule has 0 unspecified atom stereocenters. The normalized spacial score (nSPS) is 11.2. The molecule has 0 saturated heterocycles. The van der Waals surface area contributed by atoms with Crippen molar-refractivity contribution < 1.29 is 13.2 Å². The van der Waals surface area contributed by atoms with Crippen molar-refractivity contribution in [3.8, 4) is 0 Å². The van der Waals surface area contributed by atoms with E-state index in [9.17, 15) is 13.2 Å². The second-order valence-electron chi connectivity index (χ2n) is 6.50. The quantitative estimate of drug-likeness (QED) is 0.255. The molecule has 0 bridgehead atoms. The highest BCUT2D eigenvalue weighted by molar-refractivity contribution is 8.01. The van der Waals surface area contributed by atoms with Gasteiger partial charge < -0.3 is 0 Å². The third-order valence-electron chi connectivity index (χ3n) is 4.07. The Morgan fingerprint density at radius 2 is 2.00 bits per heavy atom. The molecule has 3 aromatic rings. The fourth-order valence-corrected chi connectivity index (χ4v) is 5.67. The van der Waals surface area contributed by atoms with Crippen LogP contribution in [-0.4, -0.2) is 30.3 Å². The zero-order valence-electron chi connectivity index (χ0n) is 16.7. The average Bonchev–Trinajstić information content (AvgIpc) is 3.16. The van der Waals surface area contributed by atoms with Gasteiger partial charge in [-0.1, -0.05) is 52.9 Å². The maximum Gasteiger partial charge on any atom is 0.263 e. The Hall–Kier alpha value is -2.40. The van der Waals surface area contributed by atoms with Crippen LogP contribution in [0.3, 0.4) is 0 Å². The Balaban J connectivity index is 1.83. The minimum Gasteiger partial charge on any atom is -0.296 e. The van der Waals surface area contributed by atoms with Gasteiger partial charge in [0.05, 0.1) is 10.7 Å². The smallest absolute Gasteiger partial charge is 0.263 e. The van der Waals surface area contributed by atoms with E-state index in [0.29, 0.717) is 20.9 Å². The third-order valence-corrected chi connectivity index (χ3v) is 7.89. The number of sulfonamides is 1. The van der Waals surface area contributed by atoms with Crippen LogP contribution in [0.2, 0.25) is 5.02 Å². The predicted molar refractivity (Wildman–Crippen MR) is 127 cm³/mol. The minimum absolute atomic E-state index is 0.00776. The van der Waals surface area contributed by atoms with Crippen molar-refractivity contribution in [2.24, 2.45) is 0 Å². The van der Waals surface area contributed by atoms with E-state index in [1.165, 1.54) is 41.3 Å². The number of hydrogen-bond donors (Lipinski definition) is 2. The lowest BCUT2D eigenvalue weighted by atomic mass is 10.1. The number of anilines is 2. The summed E-state index contributed by atoms with van der Waals surface area (Å²) in [7, 11) is -4.02. The Labute approximate surface area is 194 Å². The Kier molecular flexibility index (Phi) is 7.37. The lowest BCUT2D eigenvalue weighted by Gasteiger charge is -2.13. The standard InChI is InChI=1S/C20H19ClN4O3S3/c1-4-9-29-20-24-23-19(30-20)22-18(26)14-7-8-15(21)17(11-14)31(27,28)25-16-10-12(2)5-6-13(16)3/h4-8,10-11,25H,1,9H2,2-3H3,(H,22,23,26). The number of benzene rings is 2. The van der Waals surface area contributed by atoms with Gasteiger partial charge in [0.2, 0.25) is 5.13 Å². The van der Waals surface area contributed by atoms with Crippen LogP contribution in [-0.2, 0) is 10.0 Å². The summed E-state index contributed by atoms with van der Waals surface area (Å²) in [5.41, 5.74) is 2.25. The first-order valence-electron chi connectivity index (χ1n) is 8.98. The van der Waals surface area contributed by atoms with Gasteiger partial charge >= 0.3 is 0 Å². The molecule has 11 heteroatoms. The van der Waals surface area contributed by atoms with Gasteiger partial charge in [-0.3, -0.25) is 14.8 Å². The van der Waals surface area contributed by atoms with E-state index < -0.39 is 15.9 Å². The molecular formula is C20H19ClN4O3S3. The molecule has 1 heterocycles. The van der Waals surface area contributed by atoms with E-state index in [-0.39, 0.29) is 15.5 Å². The first-order valence-corrected chi connectivity index (χ1v) is 12.6. The van der Waals surface area contributed by atoms with Gasteiger partial charge in [0.25, 0.3) is 15.9 Å². The van der Waals surface area contributed by atoms with Crippen LogP contribution in [0.1, 0.15) is 21.5 Å². The number of nitrogens with zero attached hydrogens (tertiary/aromatic N) is 2. The van der Waals surface area contributed by atoms with Crippen molar-refractivity contribution in [1.82, 2.24) is 10.2 Å². The average molecular weight is 495 g/mol. The predicted octanol–water partition coefficient (Wildman–Crippen LogP) is 5.14. The van der Waals surface area contributed by atoms with Crippen molar-refractivity contribution in [2.45, 2.75) is 23.1 Å². The maximum absolute atomic E-state index is 13.0. The highest BCUT2D eigenvalue weighted by atomic mass is 35.5. The Morgan fingerprint density at radius 3 is 2.74 bits per heavy atom. The van der Waals surface area contributed by atoms with Crippen LogP contribution < -0.4 is 10.0 Å². The van der Waals surface area contributed by atoms with Gasteiger partial charge in [-0.05, 0) is 49.2 Å². The summed E-state index contributed by atoms with van der Waals surface area (Å²) in [6.07, 6.45) is 1.74. The van der Waals surface area contributed by atoms with Crippen LogP contribution in [0.15, 0.2) is 58.3 Å². The van der Waals surface area contributed by atoms with Gasteiger partial charge in [-0.25, -0.2) is 8.42 Å². The number of rotatable bonds is 8. The van der Waals surface area contributed by atoms with Gasteiger partial charge in [0.1, 0.15) is 4.90 Å². The summed E-state index contributed by atoms with van der Waals surface area (Å²) in [6, 6.07) is 9.50. The molecule has 0 aliphatic carbocycles. The lowest BCUT2D eigenvalue weighted by Crippen LogP contribution is -2.17. The van der Waals surface area contributed by atoms with E-state index in [1.807, 2.05) is 19.1 Å². The summed E-state index contributed by atoms with van der Waals surface area (Å²) in [6.45, 7) is 7.30. The summed E-state index contributed by atoms with van der Waals surface area (Å²) in [5.74, 6) is 0.158. The molecule has 162 valence electrons. The van der Waals surface area contributed by atoms with Gasteiger partial charge in [0.15, 0.2) is 4.34 Å². The summed E-state index contributed by atoms with van der Waals surface area (Å²) in [4.78, 5) is 12.4. The molecule has 1 aromatic heterocycles. The van der Waals surface area contributed by atoms with Crippen molar-refractivity contribution in [2.75, 3.05) is 15.8 Å². The molecule has 7 nitrogen and oxygen atoms in total. The summed E-state index contributed by atoms with van der Waals surface area (Å²) < 4.78 is 29.2. The molecule has 3 rings (SSSR count). The molecule has 2 N–H and O–H groups in total. The maximum atomic E-state index is 13.0. The minimum atomic E-state index is -4.02. The molecule has 0 aliphatic rings. The third kappa shape index (κ3) is 5.85. The van der Waals surface area contributed by atoms with Crippen molar-refractivity contribution >= 4 is 61.4 Å². The molecule has 0 fully saturated rings. The van der Waals surface area contributed by atoms with Crippen molar-refractivity contribution in [3.05, 3.63) is 70.8 Å². The largest absolute Gasteiger partial charge is 0.296 e. The highest BCUT2D eigenvalue weighted by Gasteiger charge is 2.22. The number of aryl methyl sites for hydroxylation is 2. The van der Waals surface area contributed by atoms with Crippen molar-refractivity contribution in [3.63, 3.8) is 0 Å². The first-order chi connectivity index (χ1) is 14.7. The number of carbonyl (C=O) groups is 1. The van der Waals surface area contributed by atoms with Gasteiger partial charge in [-0.2, -0.15) is 0 Å². The highest BCUT2D eigenvalue weighted by Crippen LogP contribution is 2.28. The molecule has 1 amide bonds. The molecule has 0 saturated carbocycles. The van der Waals surface area contributed by atoms with E-state index >= 15 is 0 Å². The zero-order valence-corrected chi connectivity index (χ0v) is 19.9. The second-order valence-corrected chi connectivity index (χ2v) is 10.8. The number of amides is 1. The van der Waals surface area contributed by atoms with E-state index in [0.717, 1.165) is 11.1 Å². The van der Waals surface area contributed by atoms with E-state index in [4.69, 9.17) is 11.6 Å². The molecule has 0 radical (unpaired) electrons. The number of hydrogen-bond acceptors (Lipinski definition) is 7. The number of thioether (sulfide) groups is 1. The van der Waals surface area contributed by atoms with E-state index in [1.54, 1.807) is 19.1 Å². The summed E-state index contributed by atoms with van der Waals surface area (Å²) >= 11 is 8.82. The van der Waals surface area contributed by atoms with Gasteiger partial charge in [-0.15, -0.1) is 16.8 Å². The van der Waals surface area contributed by atoms with Crippen LogP contribution in [0.5, 0.6) is 0 Å². The molecule has 31 heavy (non-hydrogen) atoms. The van der Waals surface area contributed by atoms with Crippen molar-refractivity contribution in [1.29, 1.82) is 0 Å². The summed E-state index contributed by atoms with van der Waals surface area (Å²) in [5, 5.41) is 10.8. The van der Waals surface area contributed by atoms with Gasteiger partial charge in [0, 0.05) is 11.3 Å². The molecule has 0 aliphatic heterocycles. The molecular weight excluding hydrogens is 476 g/mol. The number of halogens is 1. The fourth-order valence-electron chi connectivity index (χ4n) is 2.51. The van der Waals surface area contributed by atoms with Crippen LogP contribution in [0, 0.1) is 13.8 Å². The topological polar surface area (TPSA) is 101 Å². The zero-order chi connectivity index (χ0) is 22.6. The number of aromatic nitrogens is 2. The molecule has 2 aromatic carbocycles. The number of nitrogens with one attached hydrogen (secondary N) is 2. The molecule has 0 spiro atoms. The lowest BCUT2D eigenvalue weighted by molar-refractivity contribution is 0.102. The van der Waals surface area contributed by atoms with Crippen LogP contribution >= 0.6 is 34.7 Å². The Bertz CT molecular complexity index is 1240. The first kappa shape index (κ1) is 23.3. The fraction of sp³-hybridized carbons (Fsp3) is 0.150. The molecule has 0 atom stereocenters. The van der Waals surface area contributed by atoms with Crippen LogP contribution in [0.4, 0.5) is 10.8 Å². The van der Waals surface area contributed by atoms with Crippen LogP contribution in [0.25, 0.3) is 0 Å².